The van der Waals surface area contributed by atoms with Crippen LogP contribution in [0.1, 0.15) is 0 Å². The predicted molar refractivity (Wildman–Crippen MR) is 125 cm³/mol. The number of amides is 1. The van der Waals surface area contributed by atoms with E-state index >= 15 is 0 Å². The number of carbonyl (C=O) groups excluding carboxylic acids is 1. The maximum Gasteiger partial charge on any atom is 0.242 e. The van der Waals surface area contributed by atoms with Gasteiger partial charge in [0.25, 0.3) is 0 Å². The van der Waals surface area contributed by atoms with Crippen LogP contribution in [0.4, 0.5) is 5.69 Å². The van der Waals surface area contributed by atoms with Crippen LogP contribution in [-0.4, -0.2) is 72.3 Å². The second-order valence-electron chi connectivity index (χ2n) is 7.93. The topological polar surface area (TPSA) is 62.6 Å². The van der Waals surface area contributed by atoms with Gasteiger partial charge in [0.1, 0.15) is 11.9 Å². The van der Waals surface area contributed by atoms with Crippen LogP contribution >= 0.6 is 12.4 Å². The van der Waals surface area contributed by atoms with Gasteiger partial charge < -0.3 is 24.4 Å². The normalized spacial score (nSPS) is 19.3. The fourth-order valence-corrected chi connectivity index (χ4v) is 4.37. The molecule has 2 aliphatic rings. The van der Waals surface area contributed by atoms with Gasteiger partial charge in [-0.15, -0.1) is 12.4 Å². The smallest absolute Gasteiger partial charge is 0.242 e. The third-order valence-electron chi connectivity index (χ3n) is 6.07. The Morgan fingerprint density at radius 1 is 1.10 bits per heavy atom. The van der Waals surface area contributed by atoms with Crippen molar-refractivity contribution in [1.82, 2.24) is 19.8 Å². The number of para-hydroxylation sites is 2. The summed E-state index contributed by atoms with van der Waals surface area (Å²) in [6, 6.07) is 16.5. The third kappa shape index (κ3) is 4.26. The molecule has 1 amide bonds. The minimum Gasteiger partial charge on any atom is -0.378 e. The summed E-state index contributed by atoms with van der Waals surface area (Å²) in [5, 5.41) is 3.26. The van der Waals surface area contributed by atoms with Crippen LogP contribution < -0.4 is 10.2 Å². The standard InChI is InChI=1S/C23H27N5O2.ClH/c1-26-21-8-3-2-7-19(21)25-22(26)17-5-4-6-18(15-17)27-10-12-28(13-11-27)23(29)20-16-30-14-9-24-20;/h2-8,15,20,24H,9-14,16H2,1H3;1H/t20-;/m1./s1. The van der Waals surface area contributed by atoms with Crippen LogP contribution in [0.5, 0.6) is 0 Å². The molecule has 0 unspecified atom stereocenters. The monoisotopic (exact) mass is 441 g/mol. The molecule has 1 aromatic heterocycles. The second-order valence-corrected chi connectivity index (χ2v) is 7.93. The minimum atomic E-state index is -0.203. The zero-order valence-electron chi connectivity index (χ0n) is 17.7. The molecule has 2 fully saturated rings. The van der Waals surface area contributed by atoms with Crippen molar-refractivity contribution in [3.8, 4) is 11.4 Å². The van der Waals surface area contributed by atoms with Gasteiger partial charge in [-0.25, -0.2) is 4.98 Å². The first-order chi connectivity index (χ1) is 14.7. The molecule has 2 saturated heterocycles. The van der Waals surface area contributed by atoms with Crippen molar-refractivity contribution in [2.24, 2.45) is 7.05 Å². The highest BCUT2D eigenvalue weighted by Gasteiger charge is 2.29. The molecule has 1 atom stereocenters. The highest BCUT2D eigenvalue weighted by atomic mass is 35.5. The first-order valence-electron chi connectivity index (χ1n) is 10.6. The number of piperazine rings is 1. The average Bonchev–Trinajstić information content (AvgIpc) is 3.16. The van der Waals surface area contributed by atoms with Gasteiger partial charge in [0.05, 0.1) is 24.2 Å². The molecule has 3 heterocycles. The molecule has 0 spiro atoms. The van der Waals surface area contributed by atoms with Crippen LogP contribution in [0.25, 0.3) is 22.4 Å². The summed E-state index contributed by atoms with van der Waals surface area (Å²) >= 11 is 0. The summed E-state index contributed by atoms with van der Waals surface area (Å²) in [6.07, 6.45) is 0. The van der Waals surface area contributed by atoms with E-state index in [9.17, 15) is 4.79 Å². The van der Waals surface area contributed by atoms with Crippen LogP contribution in [0.3, 0.4) is 0 Å². The number of hydrogen-bond donors (Lipinski definition) is 1. The number of carbonyl (C=O) groups is 1. The summed E-state index contributed by atoms with van der Waals surface area (Å²) in [4.78, 5) is 21.8. The van der Waals surface area contributed by atoms with Gasteiger partial charge in [-0.1, -0.05) is 24.3 Å². The quantitative estimate of drug-likeness (QED) is 0.675. The molecule has 3 aromatic rings. The van der Waals surface area contributed by atoms with Crippen molar-refractivity contribution in [3.05, 3.63) is 48.5 Å². The maximum atomic E-state index is 12.7. The molecule has 0 bridgehead atoms. The highest BCUT2D eigenvalue weighted by molar-refractivity contribution is 5.85. The summed E-state index contributed by atoms with van der Waals surface area (Å²) in [5.74, 6) is 1.12. The Labute approximate surface area is 188 Å². The Kier molecular flexibility index (Phi) is 6.46. The molecule has 7 nitrogen and oxygen atoms in total. The van der Waals surface area contributed by atoms with E-state index in [1.54, 1.807) is 0 Å². The number of nitrogens with zero attached hydrogens (tertiary/aromatic N) is 4. The zero-order valence-corrected chi connectivity index (χ0v) is 18.5. The van der Waals surface area contributed by atoms with Crippen molar-refractivity contribution >= 4 is 35.0 Å². The predicted octanol–water partition coefficient (Wildman–Crippen LogP) is 2.30. The molecular weight excluding hydrogens is 414 g/mol. The van der Waals surface area contributed by atoms with Crippen molar-refractivity contribution < 1.29 is 9.53 Å². The maximum absolute atomic E-state index is 12.7. The van der Waals surface area contributed by atoms with Crippen LogP contribution in [0, 0.1) is 0 Å². The largest absolute Gasteiger partial charge is 0.378 e. The summed E-state index contributed by atoms with van der Waals surface area (Å²) in [7, 11) is 2.06. The lowest BCUT2D eigenvalue weighted by Crippen LogP contribution is -2.57. The minimum absolute atomic E-state index is 0. The number of ether oxygens (including phenoxy) is 1. The van der Waals surface area contributed by atoms with E-state index in [1.165, 1.54) is 5.69 Å². The number of anilines is 1. The molecule has 1 N–H and O–H groups in total. The van der Waals surface area contributed by atoms with E-state index in [1.807, 2.05) is 23.1 Å². The Morgan fingerprint density at radius 3 is 2.65 bits per heavy atom. The molecule has 31 heavy (non-hydrogen) atoms. The Morgan fingerprint density at radius 2 is 1.90 bits per heavy atom. The van der Waals surface area contributed by atoms with Crippen LogP contribution in [0.15, 0.2) is 48.5 Å². The number of rotatable bonds is 3. The zero-order chi connectivity index (χ0) is 20.5. The van der Waals surface area contributed by atoms with E-state index in [4.69, 9.17) is 9.72 Å². The van der Waals surface area contributed by atoms with Crippen molar-refractivity contribution in [2.45, 2.75) is 6.04 Å². The highest BCUT2D eigenvalue weighted by Crippen LogP contribution is 2.27. The van der Waals surface area contributed by atoms with Gasteiger partial charge in [0.2, 0.25) is 5.91 Å². The van der Waals surface area contributed by atoms with E-state index in [2.05, 4.69) is 52.2 Å². The first-order valence-corrected chi connectivity index (χ1v) is 10.6. The van der Waals surface area contributed by atoms with Gasteiger partial charge in [-0.2, -0.15) is 0 Å². The van der Waals surface area contributed by atoms with E-state index in [0.29, 0.717) is 13.2 Å². The van der Waals surface area contributed by atoms with Crippen LogP contribution in [0.2, 0.25) is 0 Å². The molecule has 164 valence electrons. The fourth-order valence-electron chi connectivity index (χ4n) is 4.37. The number of fused-ring (bicyclic) bond motifs is 1. The number of benzene rings is 2. The van der Waals surface area contributed by atoms with Gasteiger partial charge >= 0.3 is 0 Å². The van der Waals surface area contributed by atoms with Gasteiger partial charge in [-0.05, 0) is 24.3 Å². The number of nitrogens with one attached hydrogen (secondary N) is 1. The molecule has 5 rings (SSSR count). The van der Waals surface area contributed by atoms with Crippen molar-refractivity contribution in [1.29, 1.82) is 0 Å². The Balaban J connectivity index is 0.00000231. The number of aromatic nitrogens is 2. The number of hydrogen-bond acceptors (Lipinski definition) is 5. The summed E-state index contributed by atoms with van der Waals surface area (Å²) in [6.45, 7) is 5.00. The number of halogens is 1. The Bertz CT molecular complexity index is 1060. The first kappa shape index (κ1) is 21.6. The molecular formula is C23H28ClN5O2. The lowest BCUT2D eigenvalue weighted by Gasteiger charge is -2.38. The van der Waals surface area contributed by atoms with Crippen molar-refractivity contribution in [2.75, 3.05) is 50.8 Å². The second kappa shape index (κ2) is 9.26. The lowest BCUT2D eigenvalue weighted by atomic mass is 10.1. The van der Waals surface area contributed by atoms with Gasteiger partial charge in [-0.3, -0.25) is 4.79 Å². The average molecular weight is 442 g/mol. The van der Waals surface area contributed by atoms with Crippen LogP contribution in [-0.2, 0) is 16.6 Å². The number of morpholine rings is 1. The molecule has 0 saturated carbocycles. The molecule has 0 aliphatic carbocycles. The van der Waals surface area contributed by atoms with E-state index < -0.39 is 0 Å². The number of aryl methyl sites for hydroxylation is 1. The van der Waals surface area contributed by atoms with Crippen molar-refractivity contribution in [3.63, 3.8) is 0 Å². The lowest BCUT2D eigenvalue weighted by molar-refractivity contribution is -0.136. The number of imidazole rings is 1. The van der Waals surface area contributed by atoms with Gasteiger partial charge in [0, 0.05) is 51.0 Å². The summed E-state index contributed by atoms with van der Waals surface area (Å²) < 4.78 is 7.59. The summed E-state index contributed by atoms with van der Waals surface area (Å²) in [5.41, 5.74) is 4.41. The van der Waals surface area contributed by atoms with Gasteiger partial charge in [0.15, 0.2) is 0 Å². The SMILES string of the molecule is Cl.Cn1c(-c2cccc(N3CCN(C(=O)[C@H]4COCCN4)CC3)c2)nc2ccccc21. The molecule has 8 heteroatoms. The van der Waals surface area contributed by atoms with E-state index in [-0.39, 0.29) is 24.4 Å². The molecule has 0 radical (unpaired) electrons. The molecule has 2 aromatic carbocycles. The Hall–Kier alpha value is -2.61. The third-order valence-corrected chi connectivity index (χ3v) is 6.07. The fraction of sp³-hybridized carbons (Fsp3) is 0.391. The van der Waals surface area contributed by atoms with E-state index in [0.717, 1.165) is 55.1 Å². The molecule has 2 aliphatic heterocycles.